The first kappa shape index (κ1) is 8.18. The smallest absolute Gasteiger partial charge is 0.485 e. The van der Waals surface area contributed by atoms with E-state index in [0.717, 1.165) is 11.3 Å². The van der Waals surface area contributed by atoms with Crippen LogP contribution in [0.4, 0.5) is 4.79 Å². The summed E-state index contributed by atoms with van der Waals surface area (Å²) in [7, 11) is 0. The lowest BCUT2D eigenvalue weighted by Gasteiger charge is -2.14. The second-order valence-corrected chi connectivity index (χ2v) is 3.12. The molecule has 0 aromatic carbocycles. The van der Waals surface area contributed by atoms with Gasteiger partial charge in [0.05, 0.1) is 0 Å². The highest BCUT2D eigenvalue weighted by Gasteiger charge is 2.21. The Bertz CT molecular complexity index is 332. The van der Waals surface area contributed by atoms with Crippen LogP contribution in [0.25, 0.3) is 0 Å². The predicted octanol–water partition coefficient (Wildman–Crippen LogP) is 1.58. The van der Waals surface area contributed by atoms with Gasteiger partial charge in [0.25, 0.3) is 0 Å². The summed E-state index contributed by atoms with van der Waals surface area (Å²) in [5.41, 5.74) is 0. The number of hydrogen-bond donors (Lipinski definition) is 1. The first-order chi connectivity index (χ1) is 6.27. The van der Waals surface area contributed by atoms with E-state index in [2.05, 4.69) is 4.74 Å². The van der Waals surface area contributed by atoms with Crippen LogP contribution in [0.3, 0.4) is 0 Å². The first-order valence-corrected chi connectivity index (χ1v) is 4.43. The molecular weight excluding hydrogens is 196 g/mol. The second kappa shape index (κ2) is 3.14. The predicted molar refractivity (Wildman–Crippen MR) is 44.0 cm³/mol. The third kappa shape index (κ3) is 1.52. The summed E-state index contributed by atoms with van der Waals surface area (Å²) in [4.78, 5) is 10.2. The largest absolute Gasteiger partial charge is 0.512 e. The Balaban J connectivity index is 2.26. The normalized spacial score (nSPS) is 13.8. The van der Waals surface area contributed by atoms with Crippen LogP contribution in [0, 0.1) is 0 Å². The quantitative estimate of drug-likeness (QED) is 0.700. The molecular formula is C7H6O5S. The third-order valence-electron chi connectivity index (χ3n) is 1.45. The zero-order valence-corrected chi connectivity index (χ0v) is 7.30. The van der Waals surface area contributed by atoms with Gasteiger partial charge >= 0.3 is 6.16 Å². The standard InChI is InChI=1S/C7H6O5S/c8-7(9)12-6-5-4(3-13-6)10-1-2-11-5/h3H,1-2H2,(H,8,9). The number of carboxylic acid groups (broad SMARTS) is 1. The Labute approximate surface area is 77.5 Å². The van der Waals surface area contributed by atoms with Crippen LogP contribution in [0.5, 0.6) is 16.6 Å². The molecule has 0 atom stereocenters. The summed E-state index contributed by atoms with van der Waals surface area (Å²) in [6.45, 7) is 0.899. The average molecular weight is 202 g/mol. The van der Waals surface area contributed by atoms with Gasteiger partial charge in [-0.15, -0.1) is 0 Å². The van der Waals surface area contributed by atoms with Crippen LogP contribution < -0.4 is 14.2 Å². The monoisotopic (exact) mass is 202 g/mol. The number of thiophene rings is 1. The maximum atomic E-state index is 10.2. The molecule has 1 aliphatic heterocycles. The van der Waals surface area contributed by atoms with E-state index in [1.54, 1.807) is 5.38 Å². The van der Waals surface area contributed by atoms with E-state index < -0.39 is 6.16 Å². The van der Waals surface area contributed by atoms with Gasteiger partial charge < -0.3 is 19.3 Å². The summed E-state index contributed by atoms with van der Waals surface area (Å²) in [6, 6.07) is 0. The molecule has 0 fully saturated rings. The lowest BCUT2D eigenvalue weighted by atomic mass is 10.5. The van der Waals surface area contributed by atoms with Crippen LogP contribution in [-0.4, -0.2) is 24.5 Å². The molecule has 1 aliphatic rings. The molecule has 0 bridgehead atoms. The summed E-state index contributed by atoms with van der Waals surface area (Å²) in [5, 5.41) is 10.3. The van der Waals surface area contributed by atoms with Crippen molar-refractivity contribution in [1.82, 2.24) is 0 Å². The fourth-order valence-electron chi connectivity index (χ4n) is 0.989. The molecule has 0 unspecified atom stereocenters. The highest BCUT2D eigenvalue weighted by molar-refractivity contribution is 7.12. The van der Waals surface area contributed by atoms with Crippen molar-refractivity contribution in [1.29, 1.82) is 0 Å². The van der Waals surface area contributed by atoms with Crippen molar-refractivity contribution in [3.05, 3.63) is 5.38 Å². The Kier molecular flexibility index (Phi) is 1.97. The molecule has 70 valence electrons. The Morgan fingerprint density at radius 2 is 2.31 bits per heavy atom. The number of rotatable bonds is 1. The fraction of sp³-hybridized carbons (Fsp3) is 0.286. The topological polar surface area (TPSA) is 65.0 Å². The lowest BCUT2D eigenvalue weighted by Crippen LogP contribution is -2.15. The zero-order valence-electron chi connectivity index (χ0n) is 6.48. The molecule has 1 N–H and O–H groups in total. The van der Waals surface area contributed by atoms with E-state index >= 15 is 0 Å². The van der Waals surface area contributed by atoms with Gasteiger partial charge in [-0.1, -0.05) is 11.3 Å². The van der Waals surface area contributed by atoms with Crippen LogP contribution in [0.15, 0.2) is 5.38 Å². The molecule has 0 spiro atoms. The molecule has 0 radical (unpaired) electrons. The van der Waals surface area contributed by atoms with Crippen molar-refractivity contribution in [2.24, 2.45) is 0 Å². The van der Waals surface area contributed by atoms with E-state index in [1.807, 2.05) is 0 Å². The summed E-state index contributed by atoms with van der Waals surface area (Å²) >= 11 is 1.14. The minimum Gasteiger partial charge on any atom is -0.485 e. The van der Waals surface area contributed by atoms with E-state index in [9.17, 15) is 4.79 Å². The summed E-state index contributed by atoms with van der Waals surface area (Å²) in [5.74, 6) is 0.936. The molecule has 0 saturated carbocycles. The molecule has 2 heterocycles. The molecule has 1 aromatic heterocycles. The van der Waals surface area contributed by atoms with Crippen molar-refractivity contribution in [3.8, 4) is 16.6 Å². The second-order valence-electron chi connectivity index (χ2n) is 2.28. The van der Waals surface area contributed by atoms with Gasteiger partial charge in [-0.3, -0.25) is 0 Å². The van der Waals surface area contributed by atoms with Gasteiger partial charge in [0, 0.05) is 5.38 Å². The fourth-order valence-corrected chi connectivity index (χ4v) is 1.76. The van der Waals surface area contributed by atoms with Gasteiger partial charge in [0.15, 0.2) is 5.75 Å². The van der Waals surface area contributed by atoms with E-state index in [1.165, 1.54) is 0 Å². The molecule has 13 heavy (non-hydrogen) atoms. The van der Waals surface area contributed by atoms with Gasteiger partial charge in [-0.25, -0.2) is 4.79 Å². The van der Waals surface area contributed by atoms with Crippen LogP contribution in [0.1, 0.15) is 0 Å². The Morgan fingerprint density at radius 3 is 3.08 bits per heavy atom. The van der Waals surface area contributed by atoms with Crippen LogP contribution in [-0.2, 0) is 0 Å². The average Bonchev–Trinajstić information content (AvgIpc) is 2.48. The van der Waals surface area contributed by atoms with E-state index in [0.29, 0.717) is 24.7 Å². The third-order valence-corrected chi connectivity index (χ3v) is 2.26. The van der Waals surface area contributed by atoms with Gasteiger partial charge in [0.2, 0.25) is 10.8 Å². The number of hydrogen-bond acceptors (Lipinski definition) is 5. The minimum atomic E-state index is -1.35. The molecule has 0 amide bonds. The van der Waals surface area contributed by atoms with Crippen molar-refractivity contribution < 1.29 is 24.1 Å². The number of fused-ring (bicyclic) bond motifs is 1. The summed E-state index contributed by atoms with van der Waals surface area (Å²) < 4.78 is 14.9. The maximum Gasteiger partial charge on any atom is 0.512 e. The van der Waals surface area contributed by atoms with E-state index in [-0.39, 0.29) is 5.06 Å². The Hall–Kier alpha value is -1.43. The SMILES string of the molecule is O=C(O)Oc1scc2c1OCCO2. The first-order valence-electron chi connectivity index (χ1n) is 3.55. The van der Waals surface area contributed by atoms with Gasteiger partial charge in [-0.05, 0) is 0 Å². The highest BCUT2D eigenvalue weighted by Crippen LogP contribution is 2.45. The van der Waals surface area contributed by atoms with Crippen molar-refractivity contribution in [3.63, 3.8) is 0 Å². The van der Waals surface area contributed by atoms with Crippen LogP contribution in [0.2, 0.25) is 0 Å². The number of carbonyl (C=O) groups is 1. The summed E-state index contributed by atoms with van der Waals surface area (Å²) in [6.07, 6.45) is -1.35. The molecule has 0 saturated heterocycles. The van der Waals surface area contributed by atoms with Crippen molar-refractivity contribution >= 4 is 17.5 Å². The minimum absolute atomic E-state index is 0.224. The Morgan fingerprint density at radius 1 is 1.54 bits per heavy atom. The maximum absolute atomic E-state index is 10.2. The van der Waals surface area contributed by atoms with Crippen molar-refractivity contribution in [2.75, 3.05) is 13.2 Å². The van der Waals surface area contributed by atoms with Crippen LogP contribution >= 0.6 is 11.3 Å². The molecule has 2 rings (SSSR count). The highest BCUT2D eigenvalue weighted by atomic mass is 32.1. The van der Waals surface area contributed by atoms with E-state index in [4.69, 9.17) is 14.6 Å². The zero-order chi connectivity index (χ0) is 9.26. The van der Waals surface area contributed by atoms with Crippen molar-refractivity contribution in [2.45, 2.75) is 0 Å². The molecule has 0 aliphatic carbocycles. The molecule has 6 heteroatoms. The van der Waals surface area contributed by atoms with Gasteiger partial charge in [0.1, 0.15) is 13.2 Å². The molecule has 5 nitrogen and oxygen atoms in total. The lowest BCUT2D eigenvalue weighted by molar-refractivity contribution is 0.138. The number of ether oxygens (including phenoxy) is 3. The van der Waals surface area contributed by atoms with Gasteiger partial charge in [-0.2, -0.15) is 0 Å². The molecule has 1 aromatic rings.